The van der Waals surface area contributed by atoms with E-state index in [1.807, 2.05) is 224 Å². The quantitative estimate of drug-likeness (QED) is 0.0204. The van der Waals surface area contributed by atoms with E-state index in [0.29, 0.717) is 117 Å². The van der Waals surface area contributed by atoms with Crippen molar-refractivity contribution in [3.8, 4) is 0 Å². The molecule has 0 bridgehead atoms. The molecule has 6 saturated heterocycles. The summed E-state index contributed by atoms with van der Waals surface area (Å²) in [5.41, 5.74) is 14.9. The second-order valence-electron chi connectivity index (χ2n) is 38.9. The van der Waals surface area contributed by atoms with Crippen LogP contribution in [0.1, 0.15) is 138 Å². The van der Waals surface area contributed by atoms with Gasteiger partial charge in [0.15, 0.2) is 17.4 Å². The Morgan fingerprint density at radius 1 is 0.456 bits per heavy atom. The molecule has 0 unspecified atom stereocenters. The number of esters is 2. The zero-order valence-corrected chi connectivity index (χ0v) is 93.8. The van der Waals surface area contributed by atoms with Crippen LogP contribution in [0.2, 0.25) is 20.5 Å². The molecule has 149 heavy (non-hydrogen) atoms. The summed E-state index contributed by atoms with van der Waals surface area (Å²) in [6.45, 7) is 20.7. The summed E-state index contributed by atoms with van der Waals surface area (Å²) in [4.78, 5) is 147. The van der Waals surface area contributed by atoms with Crippen molar-refractivity contribution in [3.05, 3.63) is 283 Å². The van der Waals surface area contributed by atoms with Gasteiger partial charge >= 0.3 is 39.1 Å². The number of nitrogens with one attached hydrogen (secondary N) is 2. The number of likely N-dealkylation sites (tertiary alicyclic amines) is 3. The molecular weight excluding hydrogens is 2210 g/mol. The minimum absolute atomic E-state index is 0.00368. The second-order valence-corrected chi connectivity index (χ2v) is 44.0. The number of hydrogen-bond donors (Lipinski definition) is 7. The number of alkyl halides is 2. The Morgan fingerprint density at radius 2 is 0.832 bits per heavy atom. The van der Waals surface area contributed by atoms with Gasteiger partial charge in [-0.2, -0.15) is 0 Å². The Balaban J connectivity index is 0.000000176. The number of aliphatic carboxylic acids is 1. The van der Waals surface area contributed by atoms with Crippen molar-refractivity contribution < 1.29 is 82.4 Å². The maximum absolute atomic E-state index is 13.5. The predicted molar refractivity (Wildman–Crippen MR) is 609 cm³/mol. The summed E-state index contributed by atoms with van der Waals surface area (Å²) < 4.78 is 11.5. The Kier molecular flexibility index (Phi) is 45.8. The molecule has 40 heteroatoms. The number of nitrogens with zero attached hydrogens (tertiary/aromatic N) is 9. The highest BCUT2D eigenvalue weighted by atomic mass is 79.9. The van der Waals surface area contributed by atoms with Crippen LogP contribution in [-0.4, -0.2) is 261 Å². The number of para-hydroxylation sites is 6. The van der Waals surface area contributed by atoms with Gasteiger partial charge in [-0.25, -0.2) is 4.79 Å². The summed E-state index contributed by atoms with van der Waals surface area (Å²) in [6.07, 6.45) is 7.94. The number of carbonyl (C=O) groups is 11. The van der Waals surface area contributed by atoms with Crippen LogP contribution in [0.25, 0.3) is 0 Å². The van der Waals surface area contributed by atoms with Crippen LogP contribution >= 0.6 is 79.6 Å². The lowest BCUT2D eigenvalue weighted by Gasteiger charge is -2.40. The third kappa shape index (κ3) is 31.9. The van der Waals surface area contributed by atoms with Gasteiger partial charge in [0.25, 0.3) is 0 Å². The Labute approximate surface area is 922 Å². The molecule has 29 nitrogen and oxygen atoms in total. The molecule has 9 heterocycles. The van der Waals surface area contributed by atoms with Crippen molar-refractivity contribution in [1.82, 2.24) is 29.1 Å². The van der Waals surface area contributed by atoms with Crippen LogP contribution in [0.15, 0.2) is 250 Å². The number of carbonyl (C=O) groups excluding carboxylic acids is 10. The first-order chi connectivity index (χ1) is 71.0. The van der Waals surface area contributed by atoms with Crippen molar-refractivity contribution in [2.24, 2.45) is 17.8 Å². The number of methoxy groups -OCH3 is 2. The number of rotatable bonds is 16. The molecule has 0 atom stereocenters. The van der Waals surface area contributed by atoms with Crippen molar-refractivity contribution in [2.45, 2.75) is 170 Å². The Morgan fingerprint density at radius 3 is 1.24 bits per heavy atom. The highest BCUT2D eigenvalue weighted by molar-refractivity contribution is 9.11. The predicted octanol–water partition coefficient (Wildman–Crippen LogP) is 17.6. The van der Waals surface area contributed by atoms with E-state index in [0.717, 1.165) is 133 Å². The maximum Gasteiger partial charge on any atom is 0.376 e. The van der Waals surface area contributed by atoms with Gasteiger partial charge in [0.05, 0.1) is 60.8 Å². The number of ether oxygens (including phenoxy) is 2. The van der Waals surface area contributed by atoms with E-state index >= 15 is 0 Å². The van der Waals surface area contributed by atoms with Gasteiger partial charge in [-0.05, 0) is 300 Å². The number of nitrogens with two attached hydrogens (primary N) is 1. The number of halogens is 5. The maximum atomic E-state index is 13.5. The van der Waals surface area contributed by atoms with E-state index < -0.39 is 71.2 Å². The fourth-order valence-corrected chi connectivity index (χ4v) is 21.4. The zero-order chi connectivity index (χ0) is 109. The van der Waals surface area contributed by atoms with Crippen LogP contribution in [-0.2, 0) is 82.5 Å². The van der Waals surface area contributed by atoms with Gasteiger partial charge in [0.1, 0.15) is 9.86 Å². The largest absolute Gasteiger partial charge is 0.481 e. The van der Waals surface area contributed by atoms with Gasteiger partial charge in [-0.3, -0.25) is 52.8 Å². The van der Waals surface area contributed by atoms with Crippen LogP contribution < -0.4 is 31.1 Å². The highest BCUT2D eigenvalue weighted by Crippen LogP contribution is 2.52. The smallest absolute Gasteiger partial charge is 0.376 e. The number of piperidine rings is 6. The molecule has 8 amide bonds. The molecule has 0 aromatic heterocycles. The van der Waals surface area contributed by atoms with Crippen molar-refractivity contribution in [2.75, 3.05) is 124 Å². The summed E-state index contributed by atoms with van der Waals surface area (Å²) in [6, 6.07) is 77.1. The number of amides is 8. The monoisotopic (exact) mass is 2340 g/mol. The number of benzene rings is 9. The fraction of sp³-hybridized carbons (Fsp3) is 0.404. The third-order valence-electron chi connectivity index (χ3n) is 28.5. The first-order valence-electron chi connectivity index (χ1n) is 50.0. The molecule has 8 N–H and O–H groups in total. The highest BCUT2D eigenvalue weighted by Gasteiger charge is 2.58. The van der Waals surface area contributed by atoms with E-state index in [9.17, 15) is 67.8 Å². The molecule has 6 fully saturated rings. The van der Waals surface area contributed by atoms with Gasteiger partial charge in [-0.1, -0.05) is 214 Å². The zero-order valence-electron chi connectivity index (χ0n) is 85.9. The molecule has 3 spiro atoms. The fourth-order valence-electron chi connectivity index (χ4n) is 19.7. The minimum Gasteiger partial charge on any atom is -0.481 e. The molecule has 9 aromatic rings. The average molecular weight is 2350 g/mol. The molecule has 9 aliphatic rings. The summed E-state index contributed by atoms with van der Waals surface area (Å²) in [7, 11) is 16.9. The van der Waals surface area contributed by atoms with E-state index in [-0.39, 0.29) is 58.7 Å². The van der Waals surface area contributed by atoms with Crippen LogP contribution in [0, 0.1) is 17.8 Å². The lowest BCUT2D eigenvalue weighted by Crippen LogP contribution is -2.58. The van der Waals surface area contributed by atoms with Crippen molar-refractivity contribution in [1.29, 1.82) is 0 Å². The number of carboxylic acids is 1. The molecule has 782 valence electrons. The van der Waals surface area contributed by atoms with E-state index in [1.165, 1.54) is 24.7 Å². The Bertz CT molecular complexity index is 5940. The first kappa shape index (κ1) is 120. The van der Waals surface area contributed by atoms with Gasteiger partial charge < -0.3 is 85.0 Å². The van der Waals surface area contributed by atoms with Crippen LogP contribution in [0.5, 0.6) is 0 Å². The molecule has 18 rings (SSSR count). The molecule has 0 aliphatic carbocycles. The van der Waals surface area contributed by atoms with E-state index in [1.54, 1.807) is 62.9 Å². The summed E-state index contributed by atoms with van der Waals surface area (Å²) in [5.74, 6) is -2.87. The topological polar surface area (TPSA) is 366 Å². The summed E-state index contributed by atoms with van der Waals surface area (Å²) >= 11 is 16.7. The van der Waals surface area contributed by atoms with E-state index in [2.05, 4.69) is 131 Å². The van der Waals surface area contributed by atoms with E-state index in [4.69, 9.17) is 39.1 Å². The molecular formula is C109H131B6Br5N12O17. The van der Waals surface area contributed by atoms with Gasteiger partial charge in [-0.15, -0.1) is 0 Å². The molecule has 9 aromatic carbocycles. The van der Waals surface area contributed by atoms with Crippen molar-refractivity contribution in [3.63, 3.8) is 0 Å². The first-order valence-corrected chi connectivity index (χ1v) is 54.3. The number of carboxylic acid groups (broad SMARTS) is 1. The minimum atomic E-state index is -1.08. The number of anilines is 6. The third-order valence-corrected chi connectivity index (χ3v) is 31.6. The van der Waals surface area contributed by atoms with Gasteiger partial charge in [0.2, 0.25) is 53.1 Å². The normalized spacial score (nSPS) is 17.0. The molecule has 0 saturated carbocycles. The average Bonchev–Trinajstić information content (AvgIpc) is 1.60. The number of nitrogen functional groups attached to an aromatic ring is 1. The lowest BCUT2D eigenvalue weighted by molar-refractivity contribution is -0.147. The number of fused-ring (bicyclic) bond motifs is 6. The van der Waals surface area contributed by atoms with Crippen LogP contribution in [0.4, 0.5) is 48.5 Å². The van der Waals surface area contributed by atoms with Crippen molar-refractivity contribution >= 4 is 223 Å². The lowest BCUT2D eigenvalue weighted by atomic mass is 9.70. The summed E-state index contributed by atoms with van der Waals surface area (Å²) in [5, 5.41) is 44.7. The van der Waals surface area contributed by atoms with Crippen LogP contribution in [0.3, 0.4) is 0 Å². The molecule has 9 aliphatic heterocycles. The standard InChI is InChI=1S/C20H20BBrN2O2.C20H23BN2O2.C18H25BN2O4.C13H14BBrN2O2.C13H17BN2O2.C7H10BNO3.C7H7Br.C6H6BrN.C5H9BrO2/c21-20(26)23-12-10-16(11-13-23)19(25)24(14-15-6-2-1-3-7-15)18-9-5-4-8-17(18)22;1-21(25)22-13-11-20(12-14-22)17-9-5-6-10-18(17)23(19(20)24)15-16-7-3-2-4-8-16;1-17(2,16(23)25-4)21-14-8-6-5-7-13(14)18(15(21)22)9-11-20(12-10-18)19(3)24;14-13(19)17-7-5-9(6-8-17)12(18)16-11-4-2-1-3-10(11)15;1-14(18)16-8-6-13(7-9-16)10-4-2-3-5-11(10)15-12(13)17;8-7(12)9-3-1-5(2-4-9)6(10)11;8-6-7-4-2-1-3-5-7;7-5-3-1-2-4-6(5)8;1-5(2,6)4(7)8-3/h1-9,16H,10-14H2;2-10,25H,11-15H2,1H3;5-8,24H,9-12H2,1-4H3;1-4,9H,5-8H2,(H,16,18);2-5,18H,6-9H2,1H3,(H,15,17);5H,1-4H2,(H,10,11);1-5H,6H2;1-4H,8H2;1-3H3. The SMILES string of the molecule is BrCc1ccccc1.CB(O)N1CCC2(CC1)C(=O)N(Cc1ccccc1)c1ccccc12.CB(O)N1CCC2(CC1)C(=O)Nc1ccccc12.COC(=O)C(C)(C)Br.COC(=O)C(C)(C)N1C(=O)C2(CCN(B(C)O)CC2)c2ccccc21.Nc1ccccc1Br.[B]C(=O)N1CCC(C(=O)N(Cc2ccccc2)c2ccccc2Br)CC1.[B]C(=O)N1CCC(C(=O)Nc2ccccc2Br)CC1.[B]C(=O)N1CCC(C(=O)O)CC1. The number of hydrogen-bond acceptors (Lipinski definition) is 20. The molecule has 6 radical (unpaired) electrons. The van der Waals surface area contributed by atoms with Gasteiger partial charge in [0, 0.05) is 92.6 Å². The Hall–Kier alpha value is -10.5. The second kappa shape index (κ2) is 56.7.